The summed E-state index contributed by atoms with van der Waals surface area (Å²) in [6.07, 6.45) is -5.73. The fourth-order valence-corrected chi connectivity index (χ4v) is 2.69. The van der Waals surface area contributed by atoms with Crippen molar-refractivity contribution in [2.45, 2.75) is 24.5 Å². The van der Waals surface area contributed by atoms with Gasteiger partial charge in [0.15, 0.2) is 6.23 Å². The van der Waals surface area contributed by atoms with Crippen LogP contribution < -0.4 is 9.44 Å². The molecule has 11 nitrogen and oxygen atoms in total. The molecule has 0 unspecified atom stereocenters. The molecule has 1 fully saturated rings. The van der Waals surface area contributed by atoms with Crippen molar-refractivity contribution in [2.24, 2.45) is 0 Å². The number of ether oxygens (including phenoxy) is 3. The van der Waals surface area contributed by atoms with E-state index in [1.54, 1.807) is 0 Å². The molecule has 0 amide bonds. The zero-order valence-electron chi connectivity index (χ0n) is 12.5. The molecule has 12 heteroatoms. The molecule has 0 aromatic rings. The van der Waals surface area contributed by atoms with Gasteiger partial charge in [-0.1, -0.05) is 0 Å². The summed E-state index contributed by atoms with van der Waals surface area (Å²) in [5, 5.41) is 36.9. The smallest absolute Gasteiger partial charge is 0.279 e. The van der Waals surface area contributed by atoms with Crippen LogP contribution in [0.4, 0.5) is 0 Å². The highest BCUT2D eigenvalue weighted by Gasteiger charge is 2.39. The maximum absolute atomic E-state index is 11.7. The van der Waals surface area contributed by atoms with Crippen molar-refractivity contribution in [1.82, 2.24) is 9.44 Å². The molecule has 1 aliphatic rings. The number of nitrogens with one attached hydrogen (secondary N) is 2. The zero-order chi connectivity index (χ0) is 17.3. The first-order valence-electron chi connectivity index (χ1n) is 7.06. The van der Waals surface area contributed by atoms with Gasteiger partial charge in [-0.15, -0.1) is 0 Å². The molecule has 6 N–H and O–H groups in total. The molecule has 0 aromatic heterocycles. The molecule has 1 rings (SSSR count). The topological polar surface area (TPSA) is 167 Å². The predicted octanol–water partition coefficient (Wildman–Crippen LogP) is -4.13. The van der Waals surface area contributed by atoms with Gasteiger partial charge in [-0.05, 0) is 0 Å². The van der Waals surface area contributed by atoms with Crippen LogP contribution in [-0.4, -0.2) is 99.6 Å². The third-order valence-corrected chi connectivity index (χ3v) is 4.05. The molecular weight excluding hydrogens is 336 g/mol. The van der Waals surface area contributed by atoms with Crippen molar-refractivity contribution < 1.29 is 43.1 Å². The van der Waals surface area contributed by atoms with E-state index in [1.165, 1.54) is 0 Å². The number of hydrogen-bond donors (Lipinski definition) is 6. The first kappa shape index (κ1) is 20.6. The van der Waals surface area contributed by atoms with Crippen LogP contribution in [-0.2, 0) is 24.4 Å². The largest absolute Gasteiger partial charge is 0.394 e. The van der Waals surface area contributed by atoms with Crippen molar-refractivity contribution in [3.8, 4) is 0 Å². The average Bonchev–Trinajstić information content (AvgIpc) is 2.50. The van der Waals surface area contributed by atoms with Gasteiger partial charge in [0, 0.05) is 6.54 Å². The lowest BCUT2D eigenvalue weighted by molar-refractivity contribution is -0.189. The standard InChI is InChI=1S/C11H24N2O9S/c14-2-4-21-6-5-20-3-1-12-23(18,19)13-11-10(17)9(16)8(15)7-22-11/h8-17H,1-7H2/t8-,9-,10+,11+/m1/s1. The first-order chi connectivity index (χ1) is 10.9. The normalized spacial score (nSPS) is 28.9. The Hall–Kier alpha value is -0.410. The molecular formula is C11H24N2O9S. The summed E-state index contributed by atoms with van der Waals surface area (Å²) < 4.78 is 42.7. The average molecular weight is 360 g/mol. The van der Waals surface area contributed by atoms with Gasteiger partial charge < -0.3 is 34.6 Å². The van der Waals surface area contributed by atoms with Gasteiger partial charge in [-0.2, -0.15) is 17.9 Å². The highest BCUT2D eigenvalue weighted by atomic mass is 32.2. The maximum Gasteiger partial charge on any atom is 0.279 e. The molecule has 23 heavy (non-hydrogen) atoms. The van der Waals surface area contributed by atoms with E-state index in [-0.39, 0.29) is 46.2 Å². The molecule has 138 valence electrons. The molecule has 4 atom stereocenters. The predicted molar refractivity (Wildman–Crippen MR) is 76.5 cm³/mol. The molecule has 0 aliphatic carbocycles. The highest BCUT2D eigenvalue weighted by Crippen LogP contribution is 2.14. The SMILES string of the molecule is O=S(=O)(NCCOCCOCCO)N[C@H]1OC[C@@H](O)[C@@H](O)[C@@H]1O. The van der Waals surface area contributed by atoms with E-state index in [0.717, 1.165) is 0 Å². The van der Waals surface area contributed by atoms with Crippen LogP contribution in [0.5, 0.6) is 0 Å². The summed E-state index contributed by atoms with van der Waals surface area (Å²) >= 11 is 0. The van der Waals surface area contributed by atoms with E-state index in [9.17, 15) is 23.7 Å². The van der Waals surface area contributed by atoms with Crippen molar-refractivity contribution in [1.29, 1.82) is 0 Å². The Kier molecular flexibility index (Phi) is 9.38. The van der Waals surface area contributed by atoms with Crippen molar-refractivity contribution in [3.05, 3.63) is 0 Å². The van der Waals surface area contributed by atoms with Gasteiger partial charge in [0.25, 0.3) is 10.2 Å². The second kappa shape index (κ2) is 10.5. The van der Waals surface area contributed by atoms with E-state index in [1.807, 2.05) is 4.72 Å². The number of hydrogen-bond acceptors (Lipinski definition) is 9. The number of aliphatic hydroxyl groups excluding tert-OH is 4. The van der Waals surface area contributed by atoms with E-state index in [4.69, 9.17) is 19.3 Å². The number of aliphatic hydroxyl groups is 4. The molecule has 0 spiro atoms. The lowest BCUT2D eigenvalue weighted by Gasteiger charge is -2.35. The van der Waals surface area contributed by atoms with E-state index >= 15 is 0 Å². The van der Waals surface area contributed by atoms with Gasteiger partial charge in [0.1, 0.15) is 18.3 Å². The Morgan fingerprint density at radius 3 is 2.35 bits per heavy atom. The lowest BCUT2D eigenvalue weighted by Crippen LogP contribution is -2.60. The fraction of sp³-hybridized carbons (Fsp3) is 1.00. The minimum Gasteiger partial charge on any atom is -0.394 e. The third-order valence-electron chi connectivity index (χ3n) is 2.92. The van der Waals surface area contributed by atoms with Gasteiger partial charge in [-0.3, -0.25) is 0 Å². The summed E-state index contributed by atoms with van der Waals surface area (Å²) in [6, 6.07) is 0. The van der Waals surface area contributed by atoms with Gasteiger partial charge >= 0.3 is 0 Å². The maximum atomic E-state index is 11.7. The van der Waals surface area contributed by atoms with Crippen LogP contribution in [0.2, 0.25) is 0 Å². The second-order valence-electron chi connectivity index (χ2n) is 4.77. The van der Waals surface area contributed by atoms with E-state index < -0.39 is 34.7 Å². The monoisotopic (exact) mass is 360 g/mol. The third kappa shape index (κ3) is 7.80. The Balaban J connectivity index is 2.20. The van der Waals surface area contributed by atoms with E-state index in [2.05, 4.69) is 4.72 Å². The zero-order valence-corrected chi connectivity index (χ0v) is 13.3. The van der Waals surface area contributed by atoms with Crippen LogP contribution in [0.25, 0.3) is 0 Å². The Bertz CT molecular complexity index is 422. The molecule has 1 heterocycles. The van der Waals surface area contributed by atoms with Crippen molar-refractivity contribution in [2.75, 3.05) is 46.2 Å². The Morgan fingerprint density at radius 2 is 1.70 bits per heavy atom. The molecule has 0 bridgehead atoms. The summed E-state index contributed by atoms with van der Waals surface area (Å²) in [7, 11) is -3.98. The van der Waals surface area contributed by atoms with Gasteiger partial charge in [-0.25, -0.2) is 0 Å². The van der Waals surface area contributed by atoms with Crippen molar-refractivity contribution in [3.63, 3.8) is 0 Å². The fourth-order valence-electron chi connectivity index (χ4n) is 1.74. The summed E-state index contributed by atoms with van der Waals surface area (Å²) in [6.45, 7) is 0.443. The first-order valence-corrected chi connectivity index (χ1v) is 8.55. The highest BCUT2D eigenvalue weighted by molar-refractivity contribution is 7.87. The van der Waals surface area contributed by atoms with E-state index in [0.29, 0.717) is 0 Å². The second-order valence-corrected chi connectivity index (χ2v) is 6.30. The molecule has 1 aliphatic heterocycles. The van der Waals surface area contributed by atoms with Crippen LogP contribution >= 0.6 is 0 Å². The minimum atomic E-state index is -3.98. The van der Waals surface area contributed by atoms with Gasteiger partial charge in [0.05, 0.1) is 39.6 Å². The van der Waals surface area contributed by atoms with Crippen LogP contribution in [0.1, 0.15) is 0 Å². The Morgan fingerprint density at radius 1 is 1.04 bits per heavy atom. The quantitative estimate of drug-likeness (QED) is 0.201. The summed E-state index contributed by atoms with van der Waals surface area (Å²) in [5.41, 5.74) is 0. The van der Waals surface area contributed by atoms with Crippen LogP contribution in [0, 0.1) is 0 Å². The van der Waals surface area contributed by atoms with Gasteiger partial charge in [0.2, 0.25) is 0 Å². The summed E-state index contributed by atoms with van der Waals surface area (Å²) in [4.78, 5) is 0. The van der Waals surface area contributed by atoms with Crippen LogP contribution in [0.3, 0.4) is 0 Å². The molecule has 0 radical (unpaired) electrons. The molecule has 0 aromatic carbocycles. The van der Waals surface area contributed by atoms with Crippen molar-refractivity contribution >= 4 is 10.2 Å². The lowest BCUT2D eigenvalue weighted by atomic mass is 10.1. The minimum absolute atomic E-state index is 0.0245. The Labute approximate surface area is 134 Å². The molecule has 0 saturated carbocycles. The van der Waals surface area contributed by atoms with Crippen LogP contribution in [0.15, 0.2) is 0 Å². The summed E-state index contributed by atoms with van der Waals surface area (Å²) in [5.74, 6) is 0. The number of rotatable bonds is 11. The molecule has 1 saturated heterocycles.